The van der Waals surface area contributed by atoms with Crippen LogP contribution in [0.1, 0.15) is 104 Å². The third-order valence-electron chi connectivity index (χ3n) is 12.7. The van der Waals surface area contributed by atoms with Gasteiger partial charge in [0.05, 0.1) is 0 Å². The third kappa shape index (κ3) is 5.82. The van der Waals surface area contributed by atoms with Crippen LogP contribution in [0.2, 0.25) is 0 Å². The van der Waals surface area contributed by atoms with Crippen molar-refractivity contribution in [1.82, 2.24) is 0 Å². The van der Waals surface area contributed by atoms with Gasteiger partial charge in [-0.15, -0.1) is 0 Å². The molecular formula is C55H55N. The highest BCUT2D eigenvalue weighted by Gasteiger charge is 2.36. The summed E-state index contributed by atoms with van der Waals surface area (Å²) in [6, 6.07) is 51.5. The normalized spacial score (nSPS) is 14.1. The summed E-state index contributed by atoms with van der Waals surface area (Å²) in [5, 5.41) is 8.03. The summed E-state index contributed by atoms with van der Waals surface area (Å²) in [5.41, 5.74) is 15.7. The molecule has 8 aromatic rings. The first kappa shape index (κ1) is 36.3. The molecule has 280 valence electrons. The fraction of sp³-hybridized carbons (Fsp3) is 0.273. The van der Waals surface area contributed by atoms with Gasteiger partial charge in [-0.2, -0.15) is 0 Å². The van der Waals surface area contributed by atoms with Gasteiger partial charge in [0.2, 0.25) is 0 Å². The number of hydrogen-bond acceptors (Lipinski definition) is 1. The van der Waals surface area contributed by atoms with Gasteiger partial charge in [0.15, 0.2) is 0 Å². The lowest BCUT2D eigenvalue weighted by atomic mass is 9.80. The zero-order valence-electron chi connectivity index (χ0n) is 35.1. The Morgan fingerprint density at radius 2 is 0.821 bits per heavy atom. The molecule has 56 heavy (non-hydrogen) atoms. The monoisotopic (exact) mass is 729 g/mol. The van der Waals surface area contributed by atoms with Crippen LogP contribution >= 0.6 is 0 Å². The number of benzene rings is 8. The summed E-state index contributed by atoms with van der Waals surface area (Å²) in [7, 11) is 0. The molecule has 0 N–H and O–H groups in total. The van der Waals surface area contributed by atoms with Crippen LogP contribution in [0.4, 0.5) is 17.1 Å². The van der Waals surface area contributed by atoms with Crippen molar-refractivity contribution in [3.8, 4) is 22.3 Å². The lowest BCUT2D eigenvalue weighted by Crippen LogP contribution is -2.17. The van der Waals surface area contributed by atoms with Gasteiger partial charge in [-0.3, -0.25) is 0 Å². The maximum absolute atomic E-state index is 2.48. The van der Waals surface area contributed by atoms with Crippen molar-refractivity contribution >= 4 is 49.4 Å². The molecule has 1 heteroatoms. The lowest BCUT2D eigenvalue weighted by Gasteiger charge is -2.29. The first-order chi connectivity index (χ1) is 26.4. The van der Waals surface area contributed by atoms with Crippen molar-refractivity contribution in [2.24, 2.45) is 0 Å². The zero-order chi connectivity index (χ0) is 39.5. The average Bonchev–Trinajstić information content (AvgIpc) is 3.38. The summed E-state index contributed by atoms with van der Waals surface area (Å²) in [6.45, 7) is 25.4. The van der Waals surface area contributed by atoms with Crippen LogP contribution in [0.15, 0.2) is 133 Å². The molecule has 0 aliphatic heterocycles. The van der Waals surface area contributed by atoms with Crippen LogP contribution in [0.25, 0.3) is 54.6 Å². The van der Waals surface area contributed by atoms with Crippen molar-refractivity contribution in [3.63, 3.8) is 0 Å². The molecule has 0 unspecified atom stereocenters. The molecule has 1 aliphatic rings. The Morgan fingerprint density at radius 1 is 0.375 bits per heavy atom. The van der Waals surface area contributed by atoms with Gasteiger partial charge in [-0.25, -0.2) is 0 Å². The van der Waals surface area contributed by atoms with Crippen molar-refractivity contribution < 1.29 is 0 Å². The Hall–Kier alpha value is -5.40. The highest BCUT2D eigenvalue weighted by atomic mass is 15.1. The molecule has 0 atom stereocenters. The Kier molecular flexibility index (Phi) is 7.96. The van der Waals surface area contributed by atoms with Gasteiger partial charge < -0.3 is 4.90 Å². The molecule has 0 amide bonds. The molecule has 0 saturated carbocycles. The number of fused-ring (bicyclic) bond motifs is 3. The molecule has 0 fully saturated rings. The summed E-state index contributed by atoms with van der Waals surface area (Å²) in [5.74, 6) is 0. The fourth-order valence-electron chi connectivity index (χ4n) is 9.20. The first-order valence-electron chi connectivity index (χ1n) is 20.4. The number of anilines is 3. The smallest absolute Gasteiger partial charge is 0.0465 e. The van der Waals surface area contributed by atoms with E-state index in [9.17, 15) is 0 Å². The minimum atomic E-state index is -0.179. The molecule has 1 aliphatic carbocycles. The van der Waals surface area contributed by atoms with E-state index in [1.165, 1.54) is 99.5 Å². The first-order valence-corrected chi connectivity index (χ1v) is 20.4. The van der Waals surface area contributed by atoms with Crippen LogP contribution in [-0.2, 0) is 21.7 Å². The SMILES string of the molecule is CC(C)(C)c1ccc(N(c2ccc(C(C)(C)C)cc2)c2ccc3c(c2)C(C)(C)c2cc(-c4ccc5ccc6cc(C(C)(C)C)cc7ccc4c5c67)ccc2-3)cc1. The standard InChI is InChI=1S/C55H55N/c1-52(2,3)38-17-21-41(22-18-38)56(42-23-19-39(20-24-42)53(4,5)6)43-25-29-46-45-27-15-35(32-48(45)55(10,11)49(46)33-43)44-26-14-34-12-13-36-30-40(54(7,8)9)31-37-16-28-47(44)51(34)50(36)37/h12-33H,1-11H3. The van der Waals surface area contributed by atoms with E-state index in [1.54, 1.807) is 0 Å². The second-order valence-electron chi connectivity index (χ2n) is 20.0. The van der Waals surface area contributed by atoms with E-state index in [0.29, 0.717) is 0 Å². The summed E-state index contributed by atoms with van der Waals surface area (Å²) in [4.78, 5) is 2.43. The number of nitrogens with zero attached hydrogens (tertiary/aromatic N) is 1. The minimum Gasteiger partial charge on any atom is -0.310 e. The van der Waals surface area contributed by atoms with E-state index in [0.717, 1.165) is 0 Å². The molecule has 9 rings (SSSR count). The largest absolute Gasteiger partial charge is 0.310 e. The zero-order valence-corrected chi connectivity index (χ0v) is 35.1. The molecular weight excluding hydrogens is 675 g/mol. The molecule has 0 saturated heterocycles. The average molecular weight is 730 g/mol. The van der Waals surface area contributed by atoms with Gasteiger partial charge in [-0.1, -0.05) is 167 Å². The number of hydrogen-bond donors (Lipinski definition) is 0. The van der Waals surface area contributed by atoms with Crippen molar-refractivity contribution in [2.45, 2.75) is 97.8 Å². The van der Waals surface area contributed by atoms with Gasteiger partial charge in [-0.05, 0) is 141 Å². The third-order valence-corrected chi connectivity index (χ3v) is 12.7. The molecule has 0 heterocycles. The van der Waals surface area contributed by atoms with E-state index < -0.39 is 0 Å². The summed E-state index contributed by atoms with van der Waals surface area (Å²) >= 11 is 0. The maximum Gasteiger partial charge on any atom is 0.0465 e. The summed E-state index contributed by atoms with van der Waals surface area (Å²) in [6.07, 6.45) is 0. The topological polar surface area (TPSA) is 3.24 Å². The maximum atomic E-state index is 2.48. The second-order valence-corrected chi connectivity index (χ2v) is 20.0. The second kappa shape index (κ2) is 12.3. The van der Waals surface area contributed by atoms with Gasteiger partial charge in [0, 0.05) is 22.5 Å². The van der Waals surface area contributed by atoms with E-state index in [-0.39, 0.29) is 21.7 Å². The van der Waals surface area contributed by atoms with Gasteiger partial charge in [0.25, 0.3) is 0 Å². The van der Waals surface area contributed by atoms with Gasteiger partial charge >= 0.3 is 0 Å². The van der Waals surface area contributed by atoms with E-state index in [4.69, 9.17) is 0 Å². The molecule has 0 spiro atoms. The Balaban J connectivity index is 1.14. The molecule has 0 radical (unpaired) electrons. The predicted molar refractivity (Wildman–Crippen MR) is 244 cm³/mol. The predicted octanol–water partition coefficient (Wildman–Crippen LogP) is 15.9. The van der Waals surface area contributed by atoms with Crippen molar-refractivity contribution in [2.75, 3.05) is 4.90 Å². The van der Waals surface area contributed by atoms with Crippen LogP contribution in [0.5, 0.6) is 0 Å². The van der Waals surface area contributed by atoms with E-state index >= 15 is 0 Å². The Labute approximate surface area is 334 Å². The Morgan fingerprint density at radius 3 is 1.38 bits per heavy atom. The molecule has 0 bridgehead atoms. The molecule has 0 aromatic heterocycles. The van der Waals surface area contributed by atoms with Gasteiger partial charge in [0.1, 0.15) is 0 Å². The van der Waals surface area contributed by atoms with Crippen molar-refractivity contribution in [3.05, 3.63) is 161 Å². The van der Waals surface area contributed by atoms with Crippen LogP contribution in [0.3, 0.4) is 0 Å². The summed E-state index contributed by atoms with van der Waals surface area (Å²) < 4.78 is 0. The van der Waals surface area contributed by atoms with E-state index in [1.807, 2.05) is 0 Å². The van der Waals surface area contributed by atoms with Crippen LogP contribution < -0.4 is 4.90 Å². The van der Waals surface area contributed by atoms with Crippen LogP contribution in [-0.4, -0.2) is 0 Å². The molecule has 1 nitrogen and oxygen atoms in total. The number of rotatable bonds is 4. The Bertz CT molecular complexity index is 2720. The minimum absolute atomic E-state index is 0.0910. The highest BCUT2D eigenvalue weighted by molar-refractivity contribution is 6.25. The van der Waals surface area contributed by atoms with E-state index in [2.05, 4.69) is 215 Å². The van der Waals surface area contributed by atoms with Crippen LogP contribution in [0, 0.1) is 0 Å². The van der Waals surface area contributed by atoms with Crippen molar-refractivity contribution in [1.29, 1.82) is 0 Å². The lowest BCUT2D eigenvalue weighted by molar-refractivity contribution is 0.590. The fourth-order valence-corrected chi connectivity index (χ4v) is 9.20. The highest BCUT2D eigenvalue weighted by Crippen LogP contribution is 2.52. The molecule has 8 aromatic carbocycles. The quantitative estimate of drug-likeness (QED) is 0.163.